The number of piperidine rings is 1. The van der Waals surface area contributed by atoms with Gasteiger partial charge in [0.2, 0.25) is 11.8 Å². The number of nitrogens with zero attached hydrogens (tertiary/aromatic N) is 3. The monoisotopic (exact) mass is 641 g/mol. The number of likely N-dealkylation sites (tertiary alicyclic amines) is 2. The molecule has 234 valence electrons. The van der Waals surface area contributed by atoms with Crippen LogP contribution < -0.4 is 0 Å². The fourth-order valence-corrected chi connectivity index (χ4v) is 5.94. The van der Waals surface area contributed by atoms with Crippen molar-refractivity contribution in [2.45, 2.75) is 69.5 Å². The predicted molar refractivity (Wildman–Crippen MR) is 146 cm³/mol. The minimum Gasteiger partial charge on any atom is -0.449 e. The zero-order valence-electron chi connectivity index (χ0n) is 23.4. The van der Waals surface area contributed by atoms with Crippen molar-refractivity contribution in [3.8, 4) is 0 Å². The van der Waals surface area contributed by atoms with Gasteiger partial charge in [0.05, 0.1) is 22.7 Å². The molecule has 1 aliphatic carbocycles. The summed E-state index contributed by atoms with van der Waals surface area (Å²) in [6, 6.07) is 4.40. The van der Waals surface area contributed by atoms with Gasteiger partial charge in [-0.3, -0.25) is 9.59 Å². The van der Waals surface area contributed by atoms with Gasteiger partial charge in [0, 0.05) is 56.9 Å². The highest BCUT2D eigenvalue weighted by Gasteiger charge is 2.56. The number of carbonyl (C=O) groups excluding carboxylic acids is 3. The number of likely N-dealkylation sites (N-methyl/N-ethyl adjacent to an activating group) is 1. The Balaban J connectivity index is 1.40. The van der Waals surface area contributed by atoms with E-state index in [0.29, 0.717) is 36.5 Å². The van der Waals surface area contributed by atoms with E-state index in [1.807, 2.05) is 11.8 Å². The van der Waals surface area contributed by atoms with Crippen LogP contribution in [0.15, 0.2) is 18.2 Å². The third-order valence-electron chi connectivity index (χ3n) is 8.68. The molecule has 2 heterocycles. The molecule has 42 heavy (non-hydrogen) atoms. The van der Waals surface area contributed by atoms with Crippen molar-refractivity contribution in [2.24, 2.45) is 11.3 Å². The molecule has 1 saturated carbocycles. The molecule has 3 aliphatic rings. The summed E-state index contributed by atoms with van der Waals surface area (Å²) < 4.78 is 68.7. The lowest BCUT2D eigenvalue weighted by molar-refractivity contribution is -0.284. The molecule has 0 radical (unpaired) electrons. The molecule has 7 nitrogen and oxygen atoms in total. The fourth-order valence-electron chi connectivity index (χ4n) is 5.63. The largest absolute Gasteiger partial charge is 0.453 e. The van der Waals surface area contributed by atoms with E-state index >= 15 is 0 Å². The van der Waals surface area contributed by atoms with Gasteiger partial charge in [0.25, 0.3) is 0 Å². The lowest BCUT2D eigenvalue weighted by atomic mass is 9.93. The van der Waals surface area contributed by atoms with Crippen molar-refractivity contribution < 1.29 is 41.1 Å². The van der Waals surface area contributed by atoms with Crippen molar-refractivity contribution in [1.82, 2.24) is 14.7 Å². The molecule has 2 aliphatic heterocycles. The lowest BCUT2D eigenvalue weighted by Gasteiger charge is -2.34. The molecule has 0 aromatic heterocycles. The Morgan fingerprint density at radius 1 is 1.02 bits per heavy atom. The van der Waals surface area contributed by atoms with Crippen molar-refractivity contribution >= 4 is 41.1 Å². The highest BCUT2D eigenvalue weighted by molar-refractivity contribution is 6.42. The molecular weight excluding hydrogens is 608 g/mol. The number of hydrogen-bond donors (Lipinski definition) is 0. The predicted octanol–water partition coefficient (Wildman–Crippen LogP) is 6.37. The highest BCUT2D eigenvalue weighted by Crippen LogP contribution is 2.47. The molecule has 0 bridgehead atoms. The third-order valence-corrected chi connectivity index (χ3v) is 9.42. The van der Waals surface area contributed by atoms with Gasteiger partial charge < -0.3 is 19.4 Å². The first-order valence-corrected chi connectivity index (χ1v) is 14.7. The molecule has 2 unspecified atom stereocenters. The summed E-state index contributed by atoms with van der Waals surface area (Å²) in [4.78, 5) is 43.8. The van der Waals surface area contributed by atoms with Crippen LogP contribution >= 0.6 is 23.2 Å². The van der Waals surface area contributed by atoms with Crippen LogP contribution in [0.3, 0.4) is 0 Å². The van der Waals surface area contributed by atoms with Crippen molar-refractivity contribution in [3.05, 3.63) is 33.8 Å². The van der Waals surface area contributed by atoms with Crippen molar-refractivity contribution in [2.75, 3.05) is 39.8 Å². The van der Waals surface area contributed by atoms with Gasteiger partial charge in [-0.1, -0.05) is 36.2 Å². The molecule has 0 N–H and O–H groups in total. The SMILES string of the molecule is CN(C(=O)OCCCC(F)(F)C(F)(F)F)C1CN(C(=O)C2CCN(C(=O)C3(C)CC3)CC2)CC1c1ccc(Cl)c(Cl)c1. The Kier molecular flexibility index (Phi) is 9.57. The summed E-state index contributed by atoms with van der Waals surface area (Å²) in [5.74, 6) is -5.52. The number of hydrogen-bond acceptors (Lipinski definition) is 4. The van der Waals surface area contributed by atoms with E-state index in [1.54, 1.807) is 23.1 Å². The first-order chi connectivity index (χ1) is 19.5. The number of ether oxygens (including phenoxy) is 1. The van der Waals surface area contributed by atoms with Crippen LogP contribution in [0.2, 0.25) is 10.0 Å². The number of halogens is 7. The quantitative estimate of drug-likeness (QED) is 0.244. The summed E-state index contributed by atoms with van der Waals surface area (Å²) in [7, 11) is 1.43. The molecule has 2 saturated heterocycles. The molecule has 0 spiro atoms. The van der Waals surface area contributed by atoms with Crippen molar-refractivity contribution in [1.29, 1.82) is 0 Å². The van der Waals surface area contributed by atoms with E-state index in [0.717, 1.165) is 12.8 Å². The fraction of sp³-hybridized carbons (Fsp3) is 0.679. The van der Waals surface area contributed by atoms with Crippen LogP contribution in [-0.2, 0) is 14.3 Å². The van der Waals surface area contributed by atoms with Crippen LogP contribution in [0, 0.1) is 11.3 Å². The van der Waals surface area contributed by atoms with Gasteiger partial charge in [-0.2, -0.15) is 22.0 Å². The number of amides is 3. The molecule has 14 heteroatoms. The summed E-state index contributed by atoms with van der Waals surface area (Å²) in [5, 5.41) is 0.614. The van der Waals surface area contributed by atoms with Gasteiger partial charge in [-0.15, -0.1) is 0 Å². The van der Waals surface area contributed by atoms with Crippen LogP contribution in [0.4, 0.5) is 26.7 Å². The van der Waals surface area contributed by atoms with Crippen LogP contribution in [0.5, 0.6) is 0 Å². The molecule has 3 fully saturated rings. The highest BCUT2D eigenvalue weighted by atomic mass is 35.5. The van der Waals surface area contributed by atoms with E-state index in [2.05, 4.69) is 0 Å². The van der Waals surface area contributed by atoms with Gasteiger partial charge in [0.15, 0.2) is 0 Å². The van der Waals surface area contributed by atoms with Gasteiger partial charge in [-0.05, 0) is 49.8 Å². The summed E-state index contributed by atoms with van der Waals surface area (Å²) in [6.45, 7) is 2.74. The second kappa shape index (κ2) is 12.3. The van der Waals surface area contributed by atoms with E-state index in [4.69, 9.17) is 27.9 Å². The van der Waals surface area contributed by atoms with E-state index < -0.39 is 49.6 Å². The Morgan fingerprint density at radius 2 is 1.67 bits per heavy atom. The summed E-state index contributed by atoms with van der Waals surface area (Å²) >= 11 is 12.3. The van der Waals surface area contributed by atoms with Gasteiger partial charge in [0.1, 0.15) is 0 Å². The van der Waals surface area contributed by atoms with Gasteiger partial charge >= 0.3 is 18.2 Å². The van der Waals surface area contributed by atoms with Crippen LogP contribution in [-0.4, -0.2) is 90.6 Å². The maximum Gasteiger partial charge on any atom is 0.453 e. The van der Waals surface area contributed by atoms with E-state index in [-0.39, 0.29) is 41.3 Å². The molecule has 3 amide bonds. The number of benzene rings is 1. The summed E-state index contributed by atoms with van der Waals surface area (Å²) in [5.41, 5.74) is 0.442. The minimum absolute atomic E-state index is 0.0940. The summed E-state index contributed by atoms with van der Waals surface area (Å²) in [6.07, 6.45) is -5.96. The number of carbonyl (C=O) groups is 3. The third kappa shape index (κ3) is 7.06. The second-order valence-corrected chi connectivity index (χ2v) is 12.6. The van der Waals surface area contributed by atoms with E-state index in [9.17, 15) is 36.3 Å². The maximum absolute atomic E-state index is 13.6. The number of rotatable bonds is 8. The van der Waals surface area contributed by atoms with Crippen LogP contribution in [0.25, 0.3) is 0 Å². The minimum atomic E-state index is -5.68. The molecule has 4 rings (SSSR count). The first kappa shape index (κ1) is 32.6. The molecular formula is C28H34Cl2F5N3O4. The average molecular weight is 642 g/mol. The standard InChI is InChI=1S/C28H34Cl2F5N3O4/c1-26(9-10-26)24(40)37-11-6-17(7-12-37)23(39)38-15-19(18-4-5-20(29)21(30)14-18)22(16-38)36(2)25(41)42-13-3-8-27(31,32)28(33,34)35/h4-5,14,17,19,22H,3,6-13,15-16H2,1-2H3. The smallest absolute Gasteiger partial charge is 0.449 e. The second-order valence-electron chi connectivity index (χ2n) is 11.7. The lowest BCUT2D eigenvalue weighted by Crippen LogP contribution is -2.46. The zero-order valence-corrected chi connectivity index (χ0v) is 24.9. The van der Waals surface area contributed by atoms with E-state index in [1.165, 1.54) is 11.9 Å². The Bertz CT molecular complexity index is 1190. The Morgan fingerprint density at radius 3 is 2.24 bits per heavy atom. The van der Waals surface area contributed by atoms with Crippen LogP contribution in [0.1, 0.15) is 56.9 Å². The number of alkyl halides is 5. The topological polar surface area (TPSA) is 70.2 Å². The Labute approximate surface area is 251 Å². The zero-order chi connectivity index (χ0) is 31.0. The molecule has 1 aromatic rings. The molecule has 2 atom stereocenters. The maximum atomic E-state index is 13.6. The Hall–Kier alpha value is -2.34. The molecule has 1 aromatic carbocycles. The van der Waals surface area contributed by atoms with Gasteiger partial charge in [-0.25, -0.2) is 4.79 Å². The van der Waals surface area contributed by atoms with Crippen molar-refractivity contribution in [3.63, 3.8) is 0 Å². The normalized spacial score (nSPS) is 22.7. The first-order valence-electron chi connectivity index (χ1n) is 13.9. The average Bonchev–Trinajstić information content (AvgIpc) is 3.54.